The number of aliphatic hydroxyl groups is 4. The van der Waals surface area contributed by atoms with Crippen molar-refractivity contribution < 1.29 is 44.7 Å². The van der Waals surface area contributed by atoms with Crippen molar-refractivity contribution in [3.8, 4) is 0 Å². The number of hydrogen-bond acceptors (Lipinski definition) is 10. The Morgan fingerprint density at radius 1 is 1.18 bits per heavy atom. The summed E-state index contributed by atoms with van der Waals surface area (Å²) < 4.78 is 5.26. The summed E-state index contributed by atoms with van der Waals surface area (Å²) in [5.41, 5.74) is 5.77. The van der Waals surface area contributed by atoms with Crippen molar-refractivity contribution in [1.82, 2.24) is 16.0 Å². The number of carboxylic acid groups (broad SMARTS) is 1. The molecule has 1 fully saturated rings. The average Bonchev–Trinajstić information content (AvgIpc) is 2.81. The highest BCUT2D eigenvalue weighted by atomic mass is 16.6. The molecule has 1 heterocycles. The van der Waals surface area contributed by atoms with E-state index in [2.05, 4.69) is 22.9 Å². The number of hydrogen-bond donors (Lipinski definition) is 9. The van der Waals surface area contributed by atoms with Crippen molar-refractivity contribution in [2.45, 2.75) is 83.1 Å². The molecule has 0 aromatic rings. The van der Waals surface area contributed by atoms with E-state index in [1.807, 2.05) is 13.8 Å². The number of aliphatic hydroxyl groups excluding tert-OH is 3. The molecule has 1 aliphatic heterocycles. The van der Waals surface area contributed by atoms with Crippen molar-refractivity contribution in [1.29, 1.82) is 0 Å². The molecule has 0 radical (unpaired) electrons. The topological polar surface area (TPSA) is 224 Å². The van der Waals surface area contributed by atoms with E-state index >= 15 is 0 Å². The number of nitrogens with one attached hydrogen (secondary N) is 3. The third kappa shape index (κ3) is 13.0. The fraction of sp³-hybridized carbons (Fsp3) is 0.810. The molecule has 0 spiro atoms. The lowest BCUT2D eigenvalue weighted by atomic mass is 9.94. The van der Waals surface area contributed by atoms with Gasteiger partial charge in [-0.25, -0.2) is 0 Å². The van der Waals surface area contributed by atoms with E-state index in [0.29, 0.717) is 6.54 Å². The van der Waals surface area contributed by atoms with E-state index in [0.717, 1.165) is 0 Å². The number of carboxylic acids is 1. The molecule has 0 saturated carbocycles. The van der Waals surface area contributed by atoms with Crippen molar-refractivity contribution in [3.63, 3.8) is 0 Å². The van der Waals surface area contributed by atoms with Crippen LogP contribution in [-0.2, 0) is 19.1 Å². The molecule has 1 rings (SSSR count). The number of aliphatic carboxylic acids is 1. The van der Waals surface area contributed by atoms with Gasteiger partial charge in [-0.05, 0) is 19.9 Å². The maximum absolute atomic E-state index is 12.0. The molecule has 6 unspecified atom stereocenters. The summed E-state index contributed by atoms with van der Waals surface area (Å²) >= 11 is 0. The van der Waals surface area contributed by atoms with E-state index in [9.17, 15) is 29.7 Å². The molecule has 34 heavy (non-hydrogen) atoms. The monoisotopic (exact) mass is 495 g/mol. The molecule has 200 valence electrons. The summed E-state index contributed by atoms with van der Waals surface area (Å²) in [5.74, 6) is -4.14. The van der Waals surface area contributed by atoms with E-state index in [4.69, 9.17) is 20.7 Å². The Labute approximate surface area is 201 Å². The van der Waals surface area contributed by atoms with Gasteiger partial charge in [-0.1, -0.05) is 13.8 Å². The number of nitrogens with two attached hydrogens (primary N) is 1. The van der Waals surface area contributed by atoms with Crippen LogP contribution >= 0.6 is 0 Å². The van der Waals surface area contributed by atoms with Crippen LogP contribution in [0.1, 0.15) is 47.0 Å². The predicted octanol–water partition coefficient (Wildman–Crippen LogP) is -2.55. The molecule has 0 aromatic heterocycles. The predicted molar refractivity (Wildman–Crippen MR) is 124 cm³/mol. The summed E-state index contributed by atoms with van der Waals surface area (Å²) in [6, 6.07) is -1.87. The zero-order chi connectivity index (χ0) is 26.9. The van der Waals surface area contributed by atoms with E-state index in [1.165, 1.54) is 6.92 Å². The van der Waals surface area contributed by atoms with Gasteiger partial charge in [-0.3, -0.25) is 14.4 Å². The number of rotatable bonds is 12. The molecule has 0 aromatic carbocycles. The van der Waals surface area contributed by atoms with Gasteiger partial charge in [0.1, 0.15) is 24.8 Å². The Bertz CT molecular complexity index is 597. The molecule has 6 atom stereocenters. The SMILES string of the molecule is CC.CC(NC(=O)C(N)CCNCCC1(O)CC(O)C(O)C(CO)O1)C(=O)NCC(=O)O.[CH2+]C. The molecule has 1 saturated heterocycles. The van der Waals surface area contributed by atoms with Crippen LogP contribution in [-0.4, -0.2) is 106 Å². The van der Waals surface area contributed by atoms with Crippen LogP contribution < -0.4 is 21.7 Å². The molecular formula is C21H43N4O9+. The Morgan fingerprint density at radius 3 is 2.29 bits per heavy atom. The van der Waals surface area contributed by atoms with Gasteiger partial charge in [0, 0.05) is 19.4 Å². The lowest BCUT2D eigenvalue weighted by Gasteiger charge is -2.42. The number of carbonyl (C=O) groups is 3. The molecule has 1 aliphatic rings. The lowest BCUT2D eigenvalue weighted by molar-refractivity contribution is -0.306. The molecule has 2 amide bonds. The first-order valence-electron chi connectivity index (χ1n) is 11.3. The van der Waals surface area contributed by atoms with Crippen molar-refractivity contribution in [2.75, 3.05) is 26.2 Å². The largest absolute Gasteiger partial charge is 0.480 e. The Kier molecular flexibility index (Phi) is 18.4. The Balaban J connectivity index is 0. The van der Waals surface area contributed by atoms with Gasteiger partial charge in [0.2, 0.25) is 11.8 Å². The lowest BCUT2D eigenvalue weighted by Crippen LogP contribution is -2.56. The summed E-state index contributed by atoms with van der Waals surface area (Å²) in [6.07, 6.45) is -3.53. The molecule has 13 heteroatoms. The first-order valence-corrected chi connectivity index (χ1v) is 11.3. The zero-order valence-corrected chi connectivity index (χ0v) is 20.5. The van der Waals surface area contributed by atoms with E-state index < -0.39 is 67.1 Å². The van der Waals surface area contributed by atoms with Crippen LogP contribution in [0.2, 0.25) is 0 Å². The van der Waals surface area contributed by atoms with Crippen LogP contribution in [0.15, 0.2) is 0 Å². The van der Waals surface area contributed by atoms with Crippen molar-refractivity contribution in [3.05, 3.63) is 6.92 Å². The number of ether oxygens (including phenoxy) is 1. The maximum Gasteiger partial charge on any atom is 0.322 e. The summed E-state index contributed by atoms with van der Waals surface area (Å²) in [5, 5.41) is 55.0. The fourth-order valence-electron chi connectivity index (χ4n) is 2.90. The summed E-state index contributed by atoms with van der Waals surface area (Å²) in [7, 11) is 0. The van der Waals surface area contributed by atoms with Gasteiger partial charge in [0.15, 0.2) is 5.79 Å². The second-order valence-corrected chi connectivity index (χ2v) is 7.28. The minimum atomic E-state index is -1.71. The van der Waals surface area contributed by atoms with Crippen LogP contribution in [0.25, 0.3) is 0 Å². The molecule has 0 aliphatic carbocycles. The third-order valence-corrected chi connectivity index (χ3v) is 4.68. The minimum absolute atomic E-state index is 0.0650. The maximum atomic E-state index is 12.0. The van der Waals surface area contributed by atoms with Gasteiger partial charge in [-0.2, -0.15) is 0 Å². The van der Waals surface area contributed by atoms with Crippen molar-refractivity contribution in [2.24, 2.45) is 5.73 Å². The van der Waals surface area contributed by atoms with Gasteiger partial charge >= 0.3 is 5.97 Å². The molecule has 10 N–H and O–H groups in total. The van der Waals surface area contributed by atoms with Crippen LogP contribution in [0, 0.1) is 6.92 Å². The second-order valence-electron chi connectivity index (χ2n) is 7.28. The highest BCUT2D eigenvalue weighted by Gasteiger charge is 2.44. The summed E-state index contributed by atoms with van der Waals surface area (Å²) in [4.78, 5) is 34.1. The first-order chi connectivity index (χ1) is 16.0. The van der Waals surface area contributed by atoms with Gasteiger partial charge < -0.3 is 52.0 Å². The highest BCUT2D eigenvalue weighted by Crippen LogP contribution is 2.29. The quantitative estimate of drug-likeness (QED) is 0.101. The molecule has 0 bridgehead atoms. The fourth-order valence-corrected chi connectivity index (χ4v) is 2.90. The van der Waals surface area contributed by atoms with E-state index in [1.54, 1.807) is 6.92 Å². The molecular weight excluding hydrogens is 452 g/mol. The minimum Gasteiger partial charge on any atom is -0.480 e. The smallest absolute Gasteiger partial charge is 0.322 e. The number of amides is 2. The van der Waals surface area contributed by atoms with Crippen molar-refractivity contribution >= 4 is 17.8 Å². The summed E-state index contributed by atoms with van der Waals surface area (Å²) in [6.45, 7) is 9.85. The number of carbonyl (C=O) groups excluding carboxylic acids is 2. The Hall–Kier alpha value is -2.00. The first kappa shape index (κ1) is 34.2. The van der Waals surface area contributed by atoms with Crippen LogP contribution in [0.5, 0.6) is 0 Å². The molecule has 13 nitrogen and oxygen atoms in total. The van der Waals surface area contributed by atoms with Crippen LogP contribution in [0.3, 0.4) is 0 Å². The van der Waals surface area contributed by atoms with Crippen LogP contribution in [0.4, 0.5) is 0 Å². The zero-order valence-electron chi connectivity index (χ0n) is 20.5. The average molecular weight is 496 g/mol. The van der Waals surface area contributed by atoms with E-state index in [-0.39, 0.29) is 25.8 Å². The Morgan fingerprint density at radius 2 is 1.76 bits per heavy atom. The van der Waals surface area contributed by atoms with Gasteiger partial charge in [0.05, 0.1) is 32.6 Å². The third-order valence-electron chi connectivity index (χ3n) is 4.68. The van der Waals surface area contributed by atoms with Gasteiger partial charge in [0.25, 0.3) is 0 Å². The standard InChI is InChI=1S/C17H32N4O9.C2H6.C2H5/c1-9(15(27)20-7-13(24)25)21-16(28)10(18)2-4-19-5-3-17(29)6-11(23)14(26)12(8-22)30-17;2*1-2/h9-12,14,19,22-23,26,29H,2-8,18H2,1H3,(H,20,27)(H,21,28)(H,24,25);1-2H3;1H2,2H3/q;;+1. The highest BCUT2D eigenvalue weighted by molar-refractivity contribution is 5.90. The normalized spacial score (nSPS) is 25.4. The second kappa shape index (κ2) is 18.3. The van der Waals surface area contributed by atoms with Gasteiger partial charge in [-0.15, -0.1) is 0 Å².